The van der Waals surface area contributed by atoms with Crippen molar-refractivity contribution in [3.05, 3.63) is 42.0 Å². The van der Waals surface area contributed by atoms with Crippen molar-refractivity contribution in [3.8, 4) is 5.75 Å². The van der Waals surface area contributed by atoms with Crippen LogP contribution in [0.1, 0.15) is 12.0 Å². The number of fused-ring (bicyclic) bond motifs is 1. The largest absolute Gasteiger partial charge is 0.496 e. The summed E-state index contributed by atoms with van der Waals surface area (Å²) in [4.78, 5) is 10.6. The Morgan fingerprint density at radius 1 is 1.26 bits per heavy atom. The van der Waals surface area contributed by atoms with Crippen LogP contribution in [0.3, 0.4) is 0 Å². The Balaban J connectivity index is 2.71. The van der Waals surface area contributed by atoms with Crippen molar-refractivity contribution in [3.63, 3.8) is 0 Å². The van der Waals surface area contributed by atoms with Crippen LogP contribution in [-0.4, -0.2) is 18.2 Å². The van der Waals surface area contributed by atoms with Crippen molar-refractivity contribution < 1.29 is 23.4 Å². The lowest BCUT2D eigenvalue weighted by Gasteiger charge is -2.20. The molecule has 0 spiro atoms. The van der Waals surface area contributed by atoms with E-state index in [1.165, 1.54) is 19.2 Å². The van der Waals surface area contributed by atoms with Crippen LogP contribution in [0.25, 0.3) is 10.8 Å². The van der Waals surface area contributed by atoms with Crippen LogP contribution in [0, 0.1) is 0 Å². The van der Waals surface area contributed by atoms with E-state index in [0.29, 0.717) is 10.8 Å². The second-order valence-corrected chi connectivity index (χ2v) is 4.14. The molecule has 100 valence electrons. The lowest BCUT2D eigenvalue weighted by molar-refractivity contribution is -0.145. The Kier molecular flexibility index (Phi) is 3.38. The van der Waals surface area contributed by atoms with Crippen molar-refractivity contribution in [1.29, 1.82) is 0 Å². The van der Waals surface area contributed by atoms with Gasteiger partial charge in [0.2, 0.25) is 0 Å². The summed E-state index contributed by atoms with van der Waals surface area (Å²) >= 11 is 0. The predicted molar refractivity (Wildman–Crippen MR) is 66.6 cm³/mol. The van der Waals surface area contributed by atoms with Gasteiger partial charge in [-0.3, -0.25) is 4.79 Å². The first-order chi connectivity index (χ1) is 8.95. The maximum atomic E-state index is 14.1. The normalized spacial score (nSPS) is 11.5. The van der Waals surface area contributed by atoms with E-state index in [2.05, 4.69) is 0 Å². The Morgan fingerprint density at radius 2 is 1.95 bits per heavy atom. The molecular formula is C14H12F2O3. The highest BCUT2D eigenvalue weighted by molar-refractivity contribution is 5.89. The standard InChI is InChI=1S/C14H12F2O3/c1-19-11-7-6-9-4-2-3-5-10(9)13(11)14(15,16)8-12(17)18/h2-7H,8H2,1H3,(H,17,18). The van der Waals surface area contributed by atoms with Crippen molar-refractivity contribution in [2.75, 3.05) is 7.11 Å². The molecule has 0 fully saturated rings. The smallest absolute Gasteiger partial charge is 0.309 e. The zero-order valence-electron chi connectivity index (χ0n) is 10.2. The summed E-state index contributed by atoms with van der Waals surface area (Å²) in [6.45, 7) is 0. The molecule has 0 heterocycles. The highest BCUT2D eigenvalue weighted by Crippen LogP contribution is 2.42. The lowest BCUT2D eigenvalue weighted by atomic mass is 9.96. The molecule has 2 rings (SSSR count). The Morgan fingerprint density at radius 3 is 2.58 bits per heavy atom. The second-order valence-electron chi connectivity index (χ2n) is 4.14. The molecule has 19 heavy (non-hydrogen) atoms. The van der Waals surface area contributed by atoms with Crippen LogP contribution in [0.2, 0.25) is 0 Å². The van der Waals surface area contributed by atoms with Gasteiger partial charge in [-0.15, -0.1) is 0 Å². The van der Waals surface area contributed by atoms with Gasteiger partial charge in [-0.2, -0.15) is 0 Å². The Bertz CT molecular complexity index is 623. The summed E-state index contributed by atoms with van der Waals surface area (Å²) in [7, 11) is 1.28. The van der Waals surface area contributed by atoms with Crippen molar-refractivity contribution >= 4 is 16.7 Å². The monoisotopic (exact) mass is 266 g/mol. The second kappa shape index (κ2) is 4.84. The number of hydrogen-bond donors (Lipinski definition) is 1. The molecule has 0 aromatic heterocycles. The van der Waals surface area contributed by atoms with Gasteiger partial charge < -0.3 is 9.84 Å². The van der Waals surface area contributed by atoms with Crippen molar-refractivity contribution in [2.45, 2.75) is 12.3 Å². The molecule has 5 heteroatoms. The average molecular weight is 266 g/mol. The number of carbonyl (C=O) groups is 1. The minimum absolute atomic E-state index is 0.00931. The molecule has 0 unspecified atom stereocenters. The van der Waals surface area contributed by atoms with Gasteiger partial charge >= 0.3 is 5.97 Å². The number of carboxylic acid groups (broad SMARTS) is 1. The van der Waals surface area contributed by atoms with E-state index in [-0.39, 0.29) is 11.3 Å². The number of methoxy groups -OCH3 is 1. The maximum absolute atomic E-state index is 14.1. The lowest BCUT2D eigenvalue weighted by Crippen LogP contribution is -2.20. The molecule has 0 aliphatic heterocycles. The average Bonchev–Trinajstić information content (AvgIpc) is 2.35. The van der Waals surface area contributed by atoms with Crippen LogP contribution >= 0.6 is 0 Å². The summed E-state index contributed by atoms with van der Waals surface area (Å²) in [5, 5.41) is 9.54. The molecule has 0 radical (unpaired) electrons. The zero-order valence-corrected chi connectivity index (χ0v) is 10.2. The minimum Gasteiger partial charge on any atom is -0.496 e. The molecule has 0 amide bonds. The first-order valence-electron chi connectivity index (χ1n) is 5.61. The number of benzene rings is 2. The van der Waals surface area contributed by atoms with Gasteiger partial charge in [-0.1, -0.05) is 30.3 Å². The third-order valence-electron chi connectivity index (χ3n) is 2.85. The van der Waals surface area contributed by atoms with E-state index in [1.807, 2.05) is 0 Å². The topological polar surface area (TPSA) is 46.5 Å². The SMILES string of the molecule is COc1ccc2ccccc2c1C(F)(F)CC(=O)O. The van der Waals surface area contributed by atoms with Gasteiger partial charge in [0.1, 0.15) is 12.2 Å². The number of hydrogen-bond acceptors (Lipinski definition) is 2. The third kappa shape index (κ3) is 2.50. The summed E-state index contributed by atoms with van der Waals surface area (Å²) < 4.78 is 33.2. The fourth-order valence-electron chi connectivity index (χ4n) is 2.08. The molecule has 2 aromatic carbocycles. The van der Waals surface area contributed by atoms with Crippen LogP contribution in [-0.2, 0) is 10.7 Å². The van der Waals surface area contributed by atoms with E-state index in [0.717, 1.165) is 0 Å². The number of alkyl halides is 2. The molecule has 1 N–H and O–H groups in total. The zero-order chi connectivity index (χ0) is 14.0. The fraction of sp³-hybridized carbons (Fsp3) is 0.214. The van der Waals surface area contributed by atoms with Crippen molar-refractivity contribution in [2.24, 2.45) is 0 Å². The Labute approximate surface area is 108 Å². The molecule has 3 nitrogen and oxygen atoms in total. The quantitative estimate of drug-likeness (QED) is 0.922. The van der Waals surface area contributed by atoms with Gasteiger partial charge in [0, 0.05) is 0 Å². The van der Waals surface area contributed by atoms with E-state index >= 15 is 0 Å². The van der Waals surface area contributed by atoms with E-state index in [1.54, 1.807) is 24.3 Å². The molecule has 0 aliphatic rings. The molecule has 2 aromatic rings. The van der Waals surface area contributed by atoms with Gasteiger partial charge in [0.25, 0.3) is 5.92 Å². The first-order valence-corrected chi connectivity index (χ1v) is 5.61. The van der Waals surface area contributed by atoms with Crippen molar-refractivity contribution in [1.82, 2.24) is 0 Å². The van der Waals surface area contributed by atoms with Crippen LogP contribution < -0.4 is 4.74 Å². The fourth-order valence-corrected chi connectivity index (χ4v) is 2.08. The van der Waals surface area contributed by atoms with Gasteiger partial charge in [0.05, 0.1) is 12.7 Å². The number of carboxylic acids is 1. The summed E-state index contributed by atoms with van der Waals surface area (Å²) in [5.74, 6) is -5.05. The van der Waals surface area contributed by atoms with Gasteiger partial charge in [-0.05, 0) is 16.8 Å². The predicted octanol–water partition coefficient (Wildman–Crippen LogP) is 3.41. The Hall–Kier alpha value is -2.17. The highest BCUT2D eigenvalue weighted by atomic mass is 19.3. The van der Waals surface area contributed by atoms with E-state index < -0.39 is 18.3 Å². The molecule has 0 atom stereocenters. The van der Waals surface area contributed by atoms with Crippen LogP contribution in [0.4, 0.5) is 8.78 Å². The summed E-state index contributed by atoms with van der Waals surface area (Å²) in [5.41, 5.74) is -0.379. The molecule has 0 saturated carbocycles. The molecular weight excluding hydrogens is 254 g/mol. The summed E-state index contributed by atoms with van der Waals surface area (Å²) in [6.07, 6.45) is -1.27. The summed E-state index contributed by atoms with van der Waals surface area (Å²) in [6, 6.07) is 9.66. The number of ether oxygens (including phenoxy) is 1. The molecule has 0 aliphatic carbocycles. The minimum atomic E-state index is -3.49. The van der Waals surface area contributed by atoms with Crippen LogP contribution in [0.5, 0.6) is 5.75 Å². The highest BCUT2D eigenvalue weighted by Gasteiger charge is 2.39. The first kappa shape index (κ1) is 13.3. The number of rotatable bonds is 4. The van der Waals surface area contributed by atoms with Crippen LogP contribution in [0.15, 0.2) is 36.4 Å². The van der Waals surface area contributed by atoms with Gasteiger partial charge in [0.15, 0.2) is 0 Å². The third-order valence-corrected chi connectivity index (χ3v) is 2.85. The van der Waals surface area contributed by atoms with E-state index in [4.69, 9.17) is 9.84 Å². The number of aliphatic carboxylic acids is 1. The van der Waals surface area contributed by atoms with Gasteiger partial charge in [-0.25, -0.2) is 8.78 Å². The molecule has 0 saturated heterocycles. The number of halogens is 2. The molecule has 0 bridgehead atoms. The van der Waals surface area contributed by atoms with E-state index in [9.17, 15) is 13.6 Å². The maximum Gasteiger partial charge on any atom is 0.309 e.